The van der Waals surface area contributed by atoms with Gasteiger partial charge in [-0.2, -0.15) is 0 Å². The molecule has 0 aliphatic heterocycles. The van der Waals surface area contributed by atoms with E-state index in [1.165, 1.54) is 25.7 Å². The van der Waals surface area contributed by atoms with Crippen molar-refractivity contribution in [2.75, 3.05) is 39.6 Å². The van der Waals surface area contributed by atoms with Crippen LogP contribution in [0.2, 0.25) is 0 Å². The molecule has 0 saturated carbocycles. The fourth-order valence-electron chi connectivity index (χ4n) is 1.51. The summed E-state index contributed by atoms with van der Waals surface area (Å²) in [6.07, 6.45) is 6.28. The second-order valence-electron chi connectivity index (χ2n) is 4.40. The minimum Gasteiger partial charge on any atom is -0.481 e. The Bertz CT molecular complexity index is 196. The lowest BCUT2D eigenvalue weighted by atomic mass is 10.2. The highest BCUT2D eigenvalue weighted by Crippen LogP contribution is 2.02. The first-order chi connectivity index (χ1) is 9.27. The van der Waals surface area contributed by atoms with Crippen molar-refractivity contribution in [1.82, 2.24) is 0 Å². The molecule has 0 radical (unpaired) electrons. The molecule has 0 spiro atoms. The number of carboxylic acids is 1. The van der Waals surface area contributed by atoms with Crippen LogP contribution in [0.25, 0.3) is 0 Å². The lowest BCUT2D eigenvalue weighted by Gasteiger charge is -2.06. The van der Waals surface area contributed by atoms with E-state index in [2.05, 4.69) is 6.92 Å². The molecule has 1 N–H and O–H groups in total. The maximum Gasteiger partial charge on any atom is 0.305 e. The molecule has 0 aromatic carbocycles. The van der Waals surface area contributed by atoms with Gasteiger partial charge in [0.05, 0.1) is 39.5 Å². The maximum absolute atomic E-state index is 10.2. The molecular formula is C14H28O5. The molecule has 114 valence electrons. The van der Waals surface area contributed by atoms with Crippen LogP contribution in [0.1, 0.15) is 45.4 Å². The van der Waals surface area contributed by atoms with Gasteiger partial charge in [0.15, 0.2) is 0 Å². The van der Waals surface area contributed by atoms with Crippen molar-refractivity contribution in [3.63, 3.8) is 0 Å². The largest absolute Gasteiger partial charge is 0.481 e. The summed E-state index contributed by atoms with van der Waals surface area (Å²) in [7, 11) is 0. The van der Waals surface area contributed by atoms with Gasteiger partial charge in [-0.05, 0) is 6.42 Å². The van der Waals surface area contributed by atoms with E-state index >= 15 is 0 Å². The average molecular weight is 276 g/mol. The Morgan fingerprint density at radius 1 is 0.789 bits per heavy atom. The first-order valence-electron chi connectivity index (χ1n) is 7.22. The van der Waals surface area contributed by atoms with Gasteiger partial charge in [-0.3, -0.25) is 4.79 Å². The molecule has 0 aromatic heterocycles. The number of carbonyl (C=O) groups is 1. The Balaban J connectivity index is 2.93. The van der Waals surface area contributed by atoms with Crippen molar-refractivity contribution < 1.29 is 24.1 Å². The molecule has 19 heavy (non-hydrogen) atoms. The third kappa shape index (κ3) is 17.4. The third-order valence-electron chi connectivity index (χ3n) is 2.60. The predicted molar refractivity (Wildman–Crippen MR) is 73.5 cm³/mol. The fraction of sp³-hybridized carbons (Fsp3) is 0.929. The number of hydrogen-bond donors (Lipinski definition) is 1. The summed E-state index contributed by atoms with van der Waals surface area (Å²) < 4.78 is 15.8. The van der Waals surface area contributed by atoms with Gasteiger partial charge >= 0.3 is 5.97 Å². The molecule has 0 aliphatic carbocycles. The first kappa shape index (κ1) is 18.4. The number of unbranched alkanes of at least 4 members (excludes halogenated alkanes) is 4. The van der Waals surface area contributed by atoms with Crippen molar-refractivity contribution >= 4 is 5.97 Å². The van der Waals surface area contributed by atoms with Crippen LogP contribution in [0.3, 0.4) is 0 Å². The minimum absolute atomic E-state index is 0.0428. The Hall–Kier alpha value is -0.650. The van der Waals surface area contributed by atoms with Gasteiger partial charge in [0, 0.05) is 6.61 Å². The smallest absolute Gasteiger partial charge is 0.305 e. The van der Waals surface area contributed by atoms with Crippen LogP contribution in [0.4, 0.5) is 0 Å². The van der Waals surface area contributed by atoms with Gasteiger partial charge in [0.25, 0.3) is 0 Å². The number of aliphatic carboxylic acids is 1. The summed E-state index contributed by atoms with van der Waals surface area (Å²) in [5.41, 5.74) is 0. The summed E-state index contributed by atoms with van der Waals surface area (Å²) in [5, 5.41) is 8.38. The minimum atomic E-state index is -0.840. The molecule has 0 aromatic rings. The highest BCUT2D eigenvalue weighted by molar-refractivity contribution is 5.66. The Morgan fingerprint density at radius 3 is 1.89 bits per heavy atom. The zero-order valence-corrected chi connectivity index (χ0v) is 12.1. The van der Waals surface area contributed by atoms with Crippen LogP contribution < -0.4 is 0 Å². The van der Waals surface area contributed by atoms with Gasteiger partial charge in [-0.25, -0.2) is 0 Å². The lowest BCUT2D eigenvalue weighted by molar-refractivity contribution is -0.138. The quantitative estimate of drug-likeness (QED) is 0.465. The molecule has 0 amide bonds. The Kier molecular flexibility index (Phi) is 14.9. The molecule has 0 unspecified atom stereocenters. The highest BCUT2D eigenvalue weighted by Gasteiger charge is 1.96. The van der Waals surface area contributed by atoms with Gasteiger partial charge in [-0.1, -0.05) is 32.6 Å². The standard InChI is InChI=1S/C14H28O5/c1-2-3-4-5-6-8-17-10-12-19-13-11-18-9-7-14(15)16/h2-13H2,1H3,(H,15,16). The van der Waals surface area contributed by atoms with E-state index in [1.54, 1.807) is 0 Å². The van der Waals surface area contributed by atoms with Crippen molar-refractivity contribution in [2.45, 2.75) is 45.4 Å². The molecule has 0 atom stereocenters. The van der Waals surface area contributed by atoms with Gasteiger partial charge < -0.3 is 19.3 Å². The fourth-order valence-corrected chi connectivity index (χ4v) is 1.51. The molecule has 0 bridgehead atoms. The second-order valence-corrected chi connectivity index (χ2v) is 4.40. The van der Waals surface area contributed by atoms with E-state index in [4.69, 9.17) is 19.3 Å². The summed E-state index contributed by atoms with van der Waals surface area (Å²) in [6, 6.07) is 0. The third-order valence-corrected chi connectivity index (χ3v) is 2.60. The average Bonchev–Trinajstić information content (AvgIpc) is 2.39. The van der Waals surface area contributed by atoms with E-state index in [0.717, 1.165) is 13.0 Å². The van der Waals surface area contributed by atoms with Crippen molar-refractivity contribution in [2.24, 2.45) is 0 Å². The van der Waals surface area contributed by atoms with Crippen LogP contribution in [0.5, 0.6) is 0 Å². The molecule has 0 aliphatic rings. The Morgan fingerprint density at radius 2 is 1.32 bits per heavy atom. The molecule has 0 heterocycles. The van der Waals surface area contributed by atoms with E-state index in [9.17, 15) is 4.79 Å². The Labute approximate surface area is 116 Å². The zero-order chi connectivity index (χ0) is 14.2. The van der Waals surface area contributed by atoms with Crippen LogP contribution in [-0.4, -0.2) is 50.7 Å². The van der Waals surface area contributed by atoms with Crippen LogP contribution in [0.15, 0.2) is 0 Å². The van der Waals surface area contributed by atoms with Gasteiger partial charge in [0.1, 0.15) is 0 Å². The summed E-state index contributed by atoms with van der Waals surface area (Å²) in [4.78, 5) is 10.2. The molecule has 0 saturated heterocycles. The number of carboxylic acid groups (broad SMARTS) is 1. The van der Waals surface area contributed by atoms with Gasteiger partial charge in [-0.15, -0.1) is 0 Å². The zero-order valence-electron chi connectivity index (χ0n) is 12.1. The van der Waals surface area contributed by atoms with Crippen LogP contribution >= 0.6 is 0 Å². The van der Waals surface area contributed by atoms with E-state index in [-0.39, 0.29) is 13.0 Å². The summed E-state index contributed by atoms with van der Waals surface area (Å²) >= 11 is 0. The van der Waals surface area contributed by atoms with Crippen molar-refractivity contribution in [1.29, 1.82) is 0 Å². The number of hydrogen-bond acceptors (Lipinski definition) is 4. The lowest BCUT2D eigenvalue weighted by Crippen LogP contribution is -2.11. The summed E-state index contributed by atoms with van der Waals surface area (Å²) in [5.74, 6) is -0.840. The number of ether oxygens (including phenoxy) is 3. The SMILES string of the molecule is CCCCCCCOCCOCCOCCC(=O)O. The molecule has 0 fully saturated rings. The molecule has 5 nitrogen and oxygen atoms in total. The maximum atomic E-state index is 10.2. The highest BCUT2D eigenvalue weighted by atomic mass is 16.5. The first-order valence-corrected chi connectivity index (χ1v) is 7.22. The van der Waals surface area contributed by atoms with Crippen molar-refractivity contribution in [3.8, 4) is 0 Å². The number of rotatable bonds is 15. The topological polar surface area (TPSA) is 65.0 Å². The monoisotopic (exact) mass is 276 g/mol. The van der Waals surface area contributed by atoms with Crippen LogP contribution in [0, 0.1) is 0 Å². The van der Waals surface area contributed by atoms with E-state index in [0.29, 0.717) is 26.4 Å². The van der Waals surface area contributed by atoms with E-state index in [1.807, 2.05) is 0 Å². The molecule has 0 rings (SSSR count). The second kappa shape index (κ2) is 15.4. The normalized spacial score (nSPS) is 10.8. The summed E-state index contributed by atoms with van der Waals surface area (Å²) in [6.45, 7) is 5.36. The van der Waals surface area contributed by atoms with E-state index < -0.39 is 5.97 Å². The predicted octanol–water partition coefficient (Wildman–Crippen LogP) is 2.48. The molecule has 5 heteroatoms. The van der Waals surface area contributed by atoms with Crippen LogP contribution in [-0.2, 0) is 19.0 Å². The van der Waals surface area contributed by atoms with Gasteiger partial charge in [0.2, 0.25) is 0 Å². The molecular weight excluding hydrogens is 248 g/mol. The van der Waals surface area contributed by atoms with Crippen molar-refractivity contribution in [3.05, 3.63) is 0 Å².